The van der Waals surface area contributed by atoms with Gasteiger partial charge in [0, 0.05) is 17.9 Å². The van der Waals surface area contributed by atoms with Crippen LogP contribution in [-0.2, 0) is 9.53 Å². The van der Waals surface area contributed by atoms with E-state index in [0.717, 1.165) is 6.42 Å². The fourth-order valence-corrected chi connectivity index (χ4v) is 1.78. The van der Waals surface area contributed by atoms with Crippen LogP contribution in [0.4, 0.5) is 20.2 Å². The summed E-state index contributed by atoms with van der Waals surface area (Å²) < 4.78 is 28.6. The smallest absolute Gasteiger partial charge is 0.261 e. The van der Waals surface area contributed by atoms with Crippen LogP contribution in [0.5, 0.6) is 0 Å². The predicted molar refractivity (Wildman–Crippen MR) is 74.9 cm³/mol. The summed E-state index contributed by atoms with van der Waals surface area (Å²) in [5, 5.41) is 0. The fourth-order valence-electron chi connectivity index (χ4n) is 1.78. The summed E-state index contributed by atoms with van der Waals surface area (Å²) in [5.41, 5.74) is 6.99. The van der Waals surface area contributed by atoms with Gasteiger partial charge in [-0.05, 0) is 24.6 Å². The quantitative estimate of drug-likeness (QED) is 0.590. The minimum atomic E-state index is -2.51. The van der Waals surface area contributed by atoms with E-state index in [2.05, 4.69) is 0 Å². The third-order valence-corrected chi connectivity index (χ3v) is 2.63. The third-order valence-electron chi connectivity index (χ3n) is 2.63. The first kappa shape index (κ1) is 16.4. The Hall–Kier alpha value is -1.69. The molecule has 0 heterocycles. The number of alkyl halides is 2. The summed E-state index contributed by atoms with van der Waals surface area (Å²) in [7, 11) is 0. The number of anilines is 2. The molecular weight excluding hydrogens is 266 g/mol. The van der Waals surface area contributed by atoms with E-state index in [9.17, 15) is 13.6 Å². The van der Waals surface area contributed by atoms with Gasteiger partial charge in [0.15, 0.2) is 0 Å². The van der Waals surface area contributed by atoms with Crippen LogP contribution in [-0.4, -0.2) is 32.1 Å². The van der Waals surface area contributed by atoms with Gasteiger partial charge in [-0.2, -0.15) is 0 Å². The molecule has 2 N–H and O–H groups in total. The number of halogens is 2. The SMILES string of the molecule is CCCN(C(=O)CCOCC(F)F)c1cccc(N)c1. The standard InChI is InChI=1S/C14H20F2N2O2/c1-2-7-18(12-5-3-4-11(17)9-12)14(19)6-8-20-10-13(15)16/h3-5,9,13H,2,6-8,10,17H2,1H3. The van der Waals surface area contributed by atoms with Gasteiger partial charge in [0.1, 0.15) is 6.61 Å². The summed E-state index contributed by atoms with van der Waals surface area (Å²) >= 11 is 0. The molecule has 0 saturated heterocycles. The fraction of sp³-hybridized carbons (Fsp3) is 0.500. The predicted octanol–water partition coefficient (Wildman–Crippen LogP) is 2.68. The molecule has 0 bridgehead atoms. The molecular formula is C14H20F2N2O2. The molecule has 0 aromatic heterocycles. The summed E-state index contributed by atoms with van der Waals surface area (Å²) in [4.78, 5) is 13.7. The molecule has 6 heteroatoms. The van der Waals surface area contributed by atoms with Crippen molar-refractivity contribution in [1.29, 1.82) is 0 Å². The van der Waals surface area contributed by atoms with Crippen molar-refractivity contribution < 1.29 is 18.3 Å². The number of carbonyl (C=O) groups is 1. The monoisotopic (exact) mass is 286 g/mol. The summed E-state index contributed by atoms with van der Waals surface area (Å²) in [6, 6.07) is 7.02. The second-order valence-corrected chi connectivity index (χ2v) is 4.36. The van der Waals surface area contributed by atoms with Gasteiger partial charge < -0.3 is 15.4 Å². The maximum atomic E-state index is 12.1. The van der Waals surface area contributed by atoms with Gasteiger partial charge in [-0.25, -0.2) is 8.78 Å². The van der Waals surface area contributed by atoms with Gasteiger partial charge >= 0.3 is 0 Å². The third kappa shape index (κ3) is 5.52. The summed E-state index contributed by atoms with van der Waals surface area (Å²) in [5.74, 6) is -0.160. The molecule has 1 rings (SSSR count). The molecule has 0 unspecified atom stereocenters. The van der Waals surface area contributed by atoms with Crippen molar-refractivity contribution in [2.24, 2.45) is 0 Å². The number of hydrogen-bond acceptors (Lipinski definition) is 3. The Morgan fingerprint density at radius 2 is 2.20 bits per heavy atom. The van der Waals surface area contributed by atoms with Crippen LogP contribution in [0.2, 0.25) is 0 Å². The largest absolute Gasteiger partial charge is 0.399 e. The van der Waals surface area contributed by atoms with E-state index in [-0.39, 0.29) is 18.9 Å². The van der Waals surface area contributed by atoms with E-state index in [0.29, 0.717) is 17.9 Å². The Balaban J connectivity index is 2.59. The molecule has 112 valence electrons. The van der Waals surface area contributed by atoms with Crippen molar-refractivity contribution in [3.05, 3.63) is 24.3 Å². The van der Waals surface area contributed by atoms with Crippen molar-refractivity contribution >= 4 is 17.3 Å². The van der Waals surface area contributed by atoms with E-state index < -0.39 is 13.0 Å². The number of ether oxygens (including phenoxy) is 1. The van der Waals surface area contributed by atoms with Crippen LogP contribution in [0.25, 0.3) is 0 Å². The molecule has 4 nitrogen and oxygen atoms in total. The molecule has 0 aliphatic rings. The number of amides is 1. The van der Waals surface area contributed by atoms with E-state index in [1.807, 2.05) is 6.92 Å². The molecule has 0 fully saturated rings. The number of benzene rings is 1. The van der Waals surface area contributed by atoms with Gasteiger partial charge in [0.2, 0.25) is 5.91 Å². The minimum Gasteiger partial charge on any atom is -0.399 e. The average molecular weight is 286 g/mol. The number of rotatable bonds is 8. The van der Waals surface area contributed by atoms with Crippen LogP contribution < -0.4 is 10.6 Å². The first-order chi connectivity index (χ1) is 9.54. The van der Waals surface area contributed by atoms with Crippen LogP contribution in [0.15, 0.2) is 24.3 Å². The maximum absolute atomic E-state index is 12.1. The molecule has 0 aliphatic carbocycles. The molecule has 1 aromatic rings. The topological polar surface area (TPSA) is 55.6 Å². The molecule has 1 aromatic carbocycles. The second kappa shape index (κ2) is 8.47. The lowest BCUT2D eigenvalue weighted by Gasteiger charge is -2.22. The Labute approximate surface area is 117 Å². The molecule has 1 amide bonds. The highest BCUT2D eigenvalue weighted by Gasteiger charge is 2.15. The van der Waals surface area contributed by atoms with Gasteiger partial charge in [-0.3, -0.25) is 4.79 Å². The van der Waals surface area contributed by atoms with Gasteiger partial charge in [-0.1, -0.05) is 13.0 Å². The number of carbonyl (C=O) groups excluding carboxylic acids is 1. The molecule has 0 radical (unpaired) electrons. The van der Waals surface area contributed by atoms with Gasteiger partial charge in [-0.15, -0.1) is 0 Å². The molecule has 0 spiro atoms. The highest BCUT2D eigenvalue weighted by Crippen LogP contribution is 2.18. The number of nitrogens with zero attached hydrogens (tertiary/aromatic N) is 1. The first-order valence-electron chi connectivity index (χ1n) is 6.56. The van der Waals surface area contributed by atoms with Crippen molar-refractivity contribution in [2.45, 2.75) is 26.2 Å². The van der Waals surface area contributed by atoms with E-state index in [4.69, 9.17) is 10.5 Å². The van der Waals surface area contributed by atoms with Crippen LogP contribution in [0.1, 0.15) is 19.8 Å². The Morgan fingerprint density at radius 1 is 1.45 bits per heavy atom. The zero-order valence-corrected chi connectivity index (χ0v) is 11.5. The zero-order chi connectivity index (χ0) is 15.0. The van der Waals surface area contributed by atoms with Crippen molar-refractivity contribution in [1.82, 2.24) is 0 Å². The van der Waals surface area contributed by atoms with E-state index in [1.165, 1.54) is 0 Å². The molecule has 0 saturated carbocycles. The van der Waals surface area contributed by atoms with Crippen LogP contribution >= 0.6 is 0 Å². The molecule has 20 heavy (non-hydrogen) atoms. The van der Waals surface area contributed by atoms with Gasteiger partial charge in [0.05, 0.1) is 13.0 Å². The van der Waals surface area contributed by atoms with Crippen molar-refractivity contribution in [3.63, 3.8) is 0 Å². The van der Waals surface area contributed by atoms with Crippen LogP contribution in [0, 0.1) is 0 Å². The second-order valence-electron chi connectivity index (χ2n) is 4.36. The first-order valence-corrected chi connectivity index (χ1v) is 6.56. The van der Waals surface area contributed by atoms with Crippen molar-refractivity contribution in [2.75, 3.05) is 30.4 Å². The number of nitrogen functional groups attached to an aromatic ring is 1. The Bertz CT molecular complexity index is 427. The maximum Gasteiger partial charge on any atom is 0.261 e. The Kier molecular flexibility index (Phi) is 6.93. The van der Waals surface area contributed by atoms with Crippen molar-refractivity contribution in [3.8, 4) is 0 Å². The highest BCUT2D eigenvalue weighted by molar-refractivity contribution is 5.93. The number of nitrogens with two attached hydrogens (primary N) is 1. The van der Waals surface area contributed by atoms with Crippen LogP contribution in [0.3, 0.4) is 0 Å². The normalized spacial score (nSPS) is 10.8. The highest BCUT2D eigenvalue weighted by atomic mass is 19.3. The lowest BCUT2D eigenvalue weighted by molar-refractivity contribution is -0.120. The zero-order valence-electron chi connectivity index (χ0n) is 11.5. The lowest BCUT2D eigenvalue weighted by atomic mass is 10.2. The average Bonchev–Trinajstić information content (AvgIpc) is 2.40. The Morgan fingerprint density at radius 3 is 2.80 bits per heavy atom. The summed E-state index contributed by atoms with van der Waals surface area (Å²) in [6.07, 6.45) is -1.65. The lowest BCUT2D eigenvalue weighted by Crippen LogP contribution is -2.32. The molecule has 0 atom stereocenters. The van der Waals surface area contributed by atoms with E-state index in [1.54, 1.807) is 29.2 Å². The minimum absolute atomic E-state index is 0.00823. The number of hydrogen-bond donors (Lipinski definition) is 1. The summed E-state index contributed by atoms with van der Waals surface area (Å²) in [6.45, 7) is 1.86. The molecule has 0 aliphatic heterocycles. The van der Waals surface area contributed by atoms with Gasteiger partial charge in [0.25, 0.3) is 6.43 Å². The van der Waals surface area contributed by atoms with E-state index >= 15 is 0 Å².